The van der Waals surface area contributed by atoms with E-state index in [1.807, 2.05) is 61.5 Å². The number of aromatic nitrogens is 2. The average molecular weight is 383 g/mol. The van der Waals surface area contributed by atoms with E-state index >= 15 is 0 Å². The van der Waals surface area contributed by atoms with Crippen LogP contribution in [0.3, 0.4) is 0 Å². The molecule has 5 nitrogen and oxygen atoms in total. The normalized spacial score (nSPS) is 11.9. The van der Waals surface area contributed by atoms with E-state index in [0.29, 0.717) is 6.54 Å². The van der Waals surface area contributed by atoms with Crippen LogP contribution in [-0.4, -0.2) is 15.7 Å². The van der Waals surface area contributed by atoms with Gasteiger partial charge < -0.3 is 5.32 Å². The maximum atomic E-state index is 12.7. The van der Waals surface area contributed by atoms with Gasteiger partial charge in [-0.15, -0.1) is 0 Å². The van der Waals surface area contributed by atoms with Crippen LogP contribution in [-0.2, 0) is 6.54 Å². The quantitative estimate of drug-likeness (QED) is 0.568. The Kier molecular flexibility index (Phi) is 5.20. The van der Waals surface area contributed by atoms with E-state index in [1.54, 1.807) is 0 Å². The summed E-state index contributed by atoms with van der Waals surface area (Å²) in [6.07, 6.45) is 0. The van der Waals surface area contributed by atoms with E-state index in [2.05, 4.69) is 28.6 Å². The molecule has 1 aromatic heterocycles. The molecule has 0 aliphatic carbocycles. The number of amides is 1. The Balaban J connectivity index is 1.52. The van der Waals surface area contributed by atoms with Gasteiger partial charge in [-0.25, -0.2) is 4.68 Å². The first-order valence-electron chi connectivity index (χ1n) is 9.52. The number of nitrogens with one attached hydrogen (secondary N) is 1. The van der Waals surface area contributed by atoms with Crippen LogP contribution < -0.4 is 10.9 Å². The third-order valence-corrected chi connectivity index (χ3v) is 4.90. The lowest BCUT2D eigenvalue weighted by atomic mass is 10.0. The minimum absolute atomic E-state index is 0.191. The molecule has 0 fully saturated rings. The summed E-state index contributed by atoms with van der Waals surface area (Å²) >= 11 is 0. The summed E-state index contributed by atoms with van der Waals surface area (Å²) in [7, 11) is 0. The molecule has 4 rings (SSSR count). The number of benzene rings is 3. The SMILES string of the molecule is CC(NC(=O)c1ccc(=O)n(Cc2ccccc2)n1)c1ccc2ccccc2c1. The molecule has 0 saturated heterocycles. The molecule has 1 heterocycles. The van der Waals surface area contributed by atoms with Gasteiger partial charge in [0.05, 0.1) is 12.6 Å². The van der Waals surface area contributed by atoms with Gasteiger partial charge >= 0.3 is 0 Å². The second-order valence-electron chi connectivity index (χ2n) is 7.00. The summed E-state index contributed by atoms with van der Waals surface area (Å²) in [5, 5.41) is 9.51. The molecule has 0 aliphatic heterocycles. The van der Waals surface area contributed by atoms with Gasteiger partial charge in [-0.3, -0.25) is 9.59 Å². The smallest absolute Gasteiger partial charge is 0.272 e. The van der Waals surface area contributed by atoms with Crippen molar-refractivity contribution in [3.8, 4) is 0 Å². The molecule has 4 aromatic rings. The molecular formula is C24H21N3O2. The Morgan fingerprint density at radius 3 is 2.45 bits per heavy atom. The molecular weight excluding hydrogens is 362 g/mol. The fourth-order valence-corrected chi connectivity index (χ4v) is 3.27. The van der Waals surface area contributed by atoms with Crippen LogP contribution in [0.5, 0.6) is 0 Å². The summed E-state index contributed by atoms with van der Waals surface area (Å²) in [6, 6.07) is 26.5. The first-order chi connectivity index (χ1) is 14.1. The van der Waals surface area contributed by atoms with Gasteiger partial charge in [-0.1, -0.05) is 66.7 Å². The molecule has 0 aliphatic rings. The highest BCUT2D eigenvalue weighted by atomic mass is 16.2. The second-order valence-corrected chi connectivity index (χ2v) is 7.00. The highest BCUT2D eigenvalue weighted by Crippen LogP contribution is 2.20. The molecule has 0 spiro atoms. The third kappa shape index (κ3) is 4.24. The largest absolute Gasteiger partial charge is 0.344 e. The lowest BCUT2D eigenvalue weighted by Crippen LogP contribution is -2.31. The minimum atomic E-state index is -0.313. The lowest BCUT2D eigenvalue weighted by Gasteiger charge is -2.15. The van der Waals surface area contributed by atoms with Gasteiger partial charge in [0, 0.05) is 6.07 Å². The molecule has 3 aromatic carbocycles. The van der Waals surface area contributed by atoms with Gasteiger partial charge in [-0.2, -0.15) is 5.10 Å². The third-order valence-electron chi connectivity index (χ3n) is 4.90. The van der Waals surface area contributed by atoms with Gasteiger partial charge in [0.25, 0.3) is 11.5 Å². The summed E-state index contributed by atoms with van der Waals surface area (Å²) in [5.41, 5.74) is 1.93. The van der Waals surface area contributed by atoms with Gasteiger partial charge in [0.1, 0.15) is 5.69 Å². The Morgan fingerprint density at radius 2 is 1.66 bits per heavy atom. The van der Waals surface area contributed by atoms with Crippen LogP contribution in [0.4, 0.5) is 0 Å². The van der Waals surface area contributed by atoms with E-state index in [0.717, 1.165) is 21.9 Å². The molecule has 5 heteroatoms. The number of rotatable bonds is 5. The number of carbonyl (C=O) groups is 1. The summed E-state index contributed by atoms with van der Waals surface area (Å²) in [6.45, 7) is 2.25. The molecule has 1 N–H and O–H groups in total. The van der Waals surface area contributed by atoms with Gasteiger partial charge in [0.15, 0.2) is 0 Å². The zero-order chi connectivity index (χ0) is 20.2. The molecule has 0 saturated carbocycles. The first kappa shape index (κ1) is 18.6. The highest BCUT2D eigenvalue weighted by Gasteiger charge is 2.14. The van der Waals surface area contributed by atoms with Crippen LogP contribution in [0.2, 0.25) is 0 Å². The summed E-state index contributed by atoms with van der Waals surface area (Å²) < 4.78 is 1.31. The van der Waals surface area contributed by atoms with Gasteiger partial charge in [-0.05, 0) is 41.0 Å². The van der Waals surface area contributed by atoms with Crippen LogP contribution in [0, 0.1) is 0 Å². The second kappa shape index (κ2) is 8.10. The molecule has 1 atom stereocenters. The highest BCUT2D eigenvalue weighted by molar-refractivity contribution is 5.92. The lowest BCUT2D eigenvalue weighted by molar-refractivity contribution is 0.0932. The van der Waals surface area contributed by atoms with Crippen LogP contribution in [0.25, 0.3) is 10.8 Å². The summed E-state index contributed by atoms with van der Waals surface area (Å²) in [5.74, 6) is -0.313. The van der Waals surface area contributed by atoms with E-state index in [1.165, 1.54) is 16.8 Å². The first-order valence-corrected chi connectivity index (χ1v) is 9.52. The Bertz CT molecular complexity index is 1220. The Hall–Kier alpha value is -3.73. The predicted molar refractivity (Wildman–Crippen MR) is 114 cm³/mol. The summed E-state index contributed by atoms with van der Waals surface area (Å²) in [4.78, 5) is 24.9. The van der Waals surface area contributed by atoms with Crippen LogP contribution in [0.15, 0.2) is 89.7 Å². The molecule has 29 heavy (non-hydrogen) atoms. The molecule has 1 unspecified atom stereocenters. The molecule has 1 amide bonds. The van der Waals surface area contributed by atoms with Gasteiger partial charge in [0.2, 0.25) is 0 Å². The van der Waals surface area contributed by atoms with Crippen LogP contribution >= 0.6 is 0 Å². The average Bonchev–Trinajstić information content (AvgIpc) is 2.75. The van der Waals surface area contributed by atoms with E-state index in [9.17, 15) is 9.59 Å². The van der Waals surface area contributed by atoms with Crippen LogP contribution in [0.1, 0.15) is 34.6 Å². The van der Waals surface area contributed by atoms with Crippen molar-refractivity contribution < 1.29 is 4.79 Å². The van der Waals surface area contributed by atoms with Crippen molar-refractivity contribution in [2.45, 2.75) is 19.5 Å². The fourth-order valence-electron chi connectivity index (χ4n) is 3.27. The topological polar surface area (TPSA) is 64.0 Å². The molecule has 0 bridgehead atoms. The van der Waals surface area contributed by atoms with E-state index in [4.69, 9.17) is 0 Å². The van der Waals surface area contributed by atoms with Crippen molar-refractivity contribution in [1.82, 2.24) is 15.1 Å². The maximum absolute atomic E-state index is 12.7. The predicted octanol–water partition coefficient (Wildman–Crippen LogP) is 3.94. The Morgan fingerprint density at radius 1 is 0.931 bits per heavy atom. The van der Waals surface area contributed by atoms with E-state index < -0.39 is 0 Å². The number of nitrogens with zero attached hydrogens (tertiary/aromatic N) is 2. The van der Waals surface area contributed by atoms with Crippen molar-refractivity contribution >= 4 is 16.7 Å². The number of carbonyl (C=O) groups excluding carboxylic acids is 1. The zero-order valence-electron chi connectivity index (χ0n) is 16.1. The number of hydrogen-bond acceptors (Lipinski definition) is 3. The molecule has 0 radical (unpaired) electrons. The maximum Gasteiger partial charge on any atom is 0.272 e. The number of hydrogen-bond donors (Lipinski definition) is 1. The standard InChI is InChI=1S/C24H21N3O2/c1-17(20-12-11-19-9-5-6-10-21(19)15-20)25-24(29)22-13-14-23(28)27(26-22)16-18-7-3-2-4-8-18/h2-15,17H,16H2,1H3,(H,25,29). The van der Waals surface area contributed by atoms with Crippen molar-refractivity contribution in [1.29, 1.82) is 0 Å². The number of fused-ring (bicyclic) bond motifs is 1. The Labute approximate surface area is 168 Å². The minimum Gasteiger partial charge on any atom is -0.344 e. The zero-order valence-corrected chi connectivity index (χ0v) is 16.1. The van der Waals surface area contributed by atoms with E-state index in [-0.39, 0.29) is 23.2 Å². The van der Waals surface area contributed by atoms with Crippen molar-refractivity contribution in [3.05, 3.63) is 112 Å². The molecule has 144 valence electrons. The fraction of sp³-hybridized carbons (Fsp3) is 0.125. The monoisotopic (exact) mass is 383 g/mol. The van der Waals surface area contributed by atoms with Crippen molar-refractivity contribution in [2.75, 3.05) is 0 Å². The van der Waals surface area contributed by atoms with Crippen molar-refractivity contribution in [3.63, 3.8) is 0 Å². The van der Waals surface area contributed by atoms with Crippen molar-refractivity contribution in [2.24, 2.45) is 0 Å².